The fourth-order valence-electron chi connectivity index (χ4n) is 2.22. The molecule has 1 heterocycles. The highest BCUT2D eigenvalue weighted by Crippen LogP contribution is 2.40. The number of nitrogens with zero attached hydrogens (tertiary/aromatic N) is 1. The number of rotatable bonds is 6. The van der Waals surface area contributed by atoms with Gasteiger partial charge in [0.2, 0.25) is 5.91 Å². The van der Waals surface area contributed by atoms with Crippen molar-refractivity contribution in [3.63, 3.8) is 0 Å². The first-order valence-corrected chi connectivity index (χ1v) is 6.83. The quantitative estimate of drug-likeness (QED) is 0.800. The number of hydrogen-bond donors (Lipinski definition) is 2. The van der Waals surface area contributed by atoms with Crippen molar-refractivity contribution in [2.45, 2.75) is 38.3 Å². The first kappa shape index (κ1) is 11.8. The monoisotopic (exact) mass is 248 g/mol. The third-order valence-electron chi connectivity index (χ3n) is 3.79. The molecule has 0 bridgehead atoms. The van der Waals surface area contributed by atoms with E-state index >= 15 is 0 Å². The number of hydrogen-bond acceptors (Lipinski definition) is 2. The van der Waals surface area contributed by atoms with E-state index in [1.807, 2.05) is 23.0 Å². The van der Waals surface area contributed by atoms with Crippen LogP contribution in [0.15, 0.2) is 18.5 Å². The van der Waals surface area contributed by atoms with Crippen molar-refractivity contribution in [3.05, 3.63) is 24.0 Å². The summed E-state index contributed by atoms with van der Waals surface area (Å²) >= 11 is 0. The lowest BCUT2D eigenvalue weighted by atomic mass is 10.1. The normalized spacial score (nSPS) is 20.7. The van der Waals surface area contributed by atoms with Crippen molar-refractivity contribution in [2.75, 3.05) is 6.54 Å². The third-order valence-corrected chi connectivity index (χ3v) is 3.79. The Labute approximate surface area is 107 Å². The summed E-state index contributed by atoms with van der Waals surface area (Å²) in [7, 11) is 0. The van der Waals surface area contributed by atoms with Crippen molar-refractivity contribution in [2.24, 2.45) is 11.8 Å². The number of aliphatic hydroxyl groups excluding tert-OH is 1. The lowest BCUT2D eigenvalue weighted by Crippen LogP contribution is -2.28. The minimum Gasteiger partial charge on any atom is -0.388 e. The molecule has 2 N–H and O–H groups in total. The summed E-state index contributed by atoms with van der Waals surface area (Å²) in [5.74, 6) is 1.21. The predicted octanol–water partition coefficient (Wildman–Crippen LogP) is 1.46. The van der Waals surface area contributed by atoms with Crippen LogP contribution in [-0.4, -0.2) is 22.1 Å². The van der Waals surface area contributed by atoms with E-state index in [1.165, 1.54) is 12.8 Å². The Kier molecular flexibility index (Phi) is 3.12. The summed E-state index contributed by atoms with van der Waals surface area (Å²) in [5, 5.41) is 12.9. The van der Waals surface area contributed by atoms with Gasteiger partial charge < -0.3 is 15.0 Å². The van der Waals surface area contributed by atoms with Gasteiger partial charge in [-0.25, -0.2) is 0 Å². The molecule has 0 spiro atoms. The molecule has 18 heavy (non-hydrogen) atoms. The Morgan fingerprint density at radius 2 is 2.22 bits per heavy atom. The highest BCUT2D eigenvalue weighted by Gasteiger charge is 2.31. The molecule has 3 rings (SSSR count). The van der Waals surface area contributed by atoms with Crippen LogP contribution in [0.3, 0.4) is 0 Å². The van der Waals surface area contributed by atoms with Crippen molar-refractivity contribution >= 4 is 5.91 Å². The summed E-state index contributed by atoms with van der Waals surface area (Å²) in [5.41, 5.74) is 0.937. The molecule has 0 aromatic carbocycles. The van der Waals surface area contributed by atoms with Crippen molar-refractivity contribution in [3.8, 4) is 0 Å². The topological polar surface area (TPSA) is 54.3 Å². The van der Waals surface area contributed by atoms with Gasteiger partial charge in [-0.3, -0.25) is 4.79 Å². The fourth-order valence-corrected chi connectivity index (χ4v) is 2.22. The van der Waals surface area contributed by atoms with Crippen LogP contribution in [0, 0.1) is 11.8 Å². The first-order chi connectivity index (χ1) is 8.72. The SMILES string of the molecule is O=C(Cn1ccc(C(O)C2CC2)c1)NCC1CC1. The molecule has 1 aromatic heterocycles. The van der Waals surface area contributed by atoms with E-state index in [4.69, 9.17) is 0 Å². The number of nitrogens with one attached hydrogen (secondary N) is 1. The molecule has 2 fully saturated rings. The largest absolute Gasteiger partial charge is 0.388 e. The highest BCUT2D eigenvalue weighted by molar-refractivity contribution is 5.75. The molecule has 2 aliphatic rings. The molecular weight excluding hydrogens is 228 g/mol. The lowest BCUT2D eigenvalue weighted by molar-refractivity contribution is -0.121. The predicted molar refractivity (Wildman–Crippen MR) is 67.8 cm³/mol. The second-order valence-corrected chi connectivity index (χ2v) is 5.65. The lowest BCUT2D eigenvalue weighted by Gasteiger charge is -2.07. The molecule has 98 valence electrons. The van der Waals surface area contributed by atoms with Gasteiger partial charge in [0.05, 0.1) is 6.10 Å². The summed E-state index contributed by atoms with van der Waals surface area (Å²) in [4.78, 5) is 11.7. The Bertz CT molecular complexity index is 433. The molecule has 1 unspecified atom stereocenters. The smallest absolute Gasteiger partial charge is 0.239 e. The van der Waals surface area contributed by atoms with Gasteiger partial charge in [-0.1, -0.05) is 0 Å². The molecule has 0 saturated heterocycles. The molecule has 1 atom stereocenters. The average Bonchev–Trinajstić information content (AvgIpc) is 3.25. The molecular formula is C14H20N2O2. The number of aliphatic hydroxyl groups is 1. The van der Waals surface area contributed by atoms with Crippen LogP contribution in [0.25, 0.3) is 0 Å². The van der Waals surface area contributed by atoms with Crippen LogP contribution in [0.1, 0.15) is 37.4 Å². The number of aromatic nitrogens is 1. The molecule has 0 aliphatic heterocycles. The van der Waals surface area contributed by atoms with Crippen LogP contribution >= 0.6 is 0 Å². The van der Waals surface area contributed by atoms with E-state index < -0.39 is 0 Å². The van der Waals surface area contributed by atoms with Gasteiger partial charge in [0.15, 0.2) is 0 Å². The summed E-state index contributed by atoms with van der Waals surface area (Å²) in [6, 6.07) is 1.91. The van der Waals surface area contributed by atoms with Gasteiger partial charge in [0, 0.05) is 18.9 Å². The summed E-state index contributed by atoms with van der Waals surface area (Å²) in [6.07, 6.45) is 8.16. The maximum absolute atomic E-state index is 11.7. The van der Waals surface area contributed by atoms with Crippen LogP contribution in [-0.2, 0) is 11.3 Å². The van der Waals surface area contributed by atoms with E-state index in [1.54, 1.807) is 0 Å². The second kappa shape index (κ2) is 4.76. The zero-order valence-electron chi connectivity index (χ0n) is 10.5. The van der Waals surface area contributed by atoms with Gasteiger partial charge in [-0.05, 0) is 49.1 Å². The van der Waals surface area contributed by atoms with Gasteiger partial charge in [-0.2, -0.15) is 0 Å². The van der Waals surface area contributed by atoms with Crippen molar-refractivity contribution in [1.29, 1.82) is 0 Å². The molecule has 2 aliphatic carbocycles. The van der Waals surface area contributed by atoms with Crippen LogP contribution in [0.5, 0.6) is 0 Å². The molecule has 0 radical (unpaired) electrons. The Morgan fingerprint density at radius 1 is 1.44 bits per heavy atom. The fraction of sp³-hybridized carbons (Fsp3) is 0.643. The average molecular weight is 248 g/mol. The van der Waals surface area contributed by atoms with E-state index in [2.05, 4.69) is 5.32 Å². The van der Waals surface area contributed by atoms with Crippen LogP contribution in [0.2, 0.25) is 0 Å². The molecule has 1 aromatic rings. The number of carbonyl (C=O) groups is 1. The second-order valence-electron chi connectivity index (χ2n) is 5.65. The number of amides is 1. The maximum Gasteiger partial charge on any atom is 0.239 e. The molecule has 1 amide bonds. The molecule has 2 saturated carbocycles. The minimum absolute atomic E-state index is 0.0601. The third kappa shape index (κ3) is 2.93. The maximum atomic E-state index is 11.7. The number of carbonyl (C=O) groups excluding carboxylic acids is 1. The van der Waals surface area contributed by atoms with Gasteiger partial charge in [-0.15, -0.1) is 0 Å². The van der Waals surface area contributed by atoms with E-state index in [9.17, 15) is 9.90 Å². The van der Waals surface area contributed by atoms with Gasteiger partial charge >= 0.3 is 0 Å². The van der Waals surface area contributed by atoms with Gasteiger partial charge in [0.25, 0.3) is 0 Å². The van der Waals surface area contributed by atoms with Crippen LogP contribution < -0.4 is 5.32 Å². The van der Waals surface area contributed by atoms with Crippen molar-refractivity contribution in [1.82, 2.24) is 9.88 Å². The molecule has 4 nitrogen and oxygen atoms in total. The van der Waals surface area contributed by atoms with Crippen LogP contribution in [0.4, 0.5) is 0 Å². The zero-order chi connectivity index (χ0) is 12.5. The highest BCUT2D eigenvalue weighted by atomic mass is 16.3. The summed E-state index contributed by atoms with van der Waals surface area (Å²) < 4.78 is 1.85. The van der Waals surface area contributed by atoms with E-state index in [0.717, 1.165) is 24.9 Å². The van der Waals surface area contributed by atoms with E-state index in [0.29, 0.717) is 18.4 Å². The standard InChI is InChI=1S/C14H20N2O2/c17-13(15-7-10-1-2-10)9-16-6-5-12(8-16)14(18)11-3-4-11/h5-6,8,10-11,14,18H,1-4,7,9H2,(H,15,17). The van der Waals surface area contributed by atoms with Gasteiger partial charge in [0.1, 0.15) is 6.54 Å². The van der Waals surface area contributed by atoms with Crippen molar-refractivity contribution < 1.29 is 9.90 Å². The zero-order valence-corrected chi connectivity index (χ0v) is 10.5. The summed E-state index contributed by atoms with van der Waals surface area (Å²) in [6.45, 7) is 1.17. The Hall–Kier alpha value is -1.29. The first-order valence-electron chi connectivity index (χ1n) is 6.83. The van der Waals surface area contributed by atoms with E-state index in [-0.39, 0.29) is 12.0 Å². The molecule has 4 heteroatoms. The minimum atomic E-state index is -0.347. The Morgan fingerprint density at radius 3 is 2.89 bits per heavy atom. The Balaban J connectivity index is 1.50.